The quantitative estimate of drug-likeness (QED) is 0.721. The van der Waals surface area contributed by atoms with Gasteiger partial charge in [0.05, 0.1) is 19.7 Å². The van der Waals surface area contributed by atoms with Crippen molar-refractivity contribution in [1.29, 1.82) is 0 Å². The van der Waals surface area contributed by atoms with E-state index >= 15 is 0 Å². The van der Waals surface area contributed by atoms with Gasteiger partial charge < -0.3 is 15.4 Å². The predicted molar refractivity (Wildman–Crippen MR) is 74.4 cm³/mol. The van der Waals surface area contributed by atoms with E-state index in [1.165, 1.54) is 0 Å². The molecule has 2 amide bonds. The van der Waals surface area contributed by atoms with Gasteiger partial charge in [0.25, 0.3) is 0 Å². The van der Waals surface area contributed by atoms with E-state index in [1.807, 2.05) is 31.2 Å². The first-order valence-electron chi connectivity index (χ1n) is 6.54. The number of methoxy groups -OCH3 is 1. The molecule has 0 bridgehead atoms. The van der Waals surface area contributed by atoms with Crippen LogP contribution < -0.4 is 20.7 Å². The van der Waals surface area contributed by atoms with Crippen molar-refractivity contribution in [3.63, 3.8) is 0 Å². The zero-order valence-electron chi connectivity index (χ0n) is 11.6. The van der Waals surface area contributed by atoms with Crippen LogP contribution in [0, 0.1) is 0 Å². The summed E-state index contributed by atoms with van der Waals surface area (Å²) in [6, 6.07) is 7.05. The van der Waals surface area contributed by atoms with Crippen molar-refractivity contribution in [3.05, 3.63) is 29.8 Å². The summed E-state index contributed by atoms with van der Waals surface area (Å²) in [7, 11) is 1.61. The van der Waals surface area contributed by atoms with Crippen LogP contribution in [0.3, 0.4) is 0 Å². The number of rotatable bonds is 4. The van der Waals surface area contributed by atoms with E-state index in [1.54, 1.807) is 7.11 Å². The van der Waals surface area contributed by atoms with Gasteiger partial charge in [0, 0.05) is 6.54 Å². The van der Waals surface area contributed by atoms with Gasteiger partial charge in [0.15, 0.2) is 0 Å². The normalized spacial score (nSPS) is 19.9. The number of piperazine rings is 1. The first-order chi connectivity index (χ1) is 9.60. The van der Waals surface area contributed by atoms with E-state index < -0.39 is 0 Å². The molecule has 0 aliphatic carbocycles. The lowest BCUT2D eigenvalue weighted by atomic mass is 10.1. The van der Waals surface area contributed by atoms with E-state index in [0.29, 0.717) is 6.54 Å². The van der Waals surface area contributed by atoms with Gasteiger partial charge in [0.1, 0.15) is 11.8 Å². The summed E-state index contributed by atoms with van der Waals surface area (Å²) in [5.41, 5.74) is 0.970. The molecule has 1 heterocycles. The molecule has 0 aromatic heterocycles. The average Bonchev–Trinajstić information content (AvgIpc) is 2.47. The minimum absolute atomic E-state index is 0.0881. The predicted octanol–water partition coefficient (Wildman–Crippen LogP) is -0.0396. The lowest BCUT2D eigenvalue weighted by Crippen LogP contribution is -2.58. The lowest BCUT2D eigenvalue weighted by Gasteiger charge is -2.25. The SMILES string of the molecule is COc1cccc(C(C)NC(=O)C2CNC(=O)CN2)c1. The van der Waals surface area contributed by atoms with Crippen molar-refractivity contribution < 1.29 is 14.3 Å². The molecule has 108 valence electrons. The average molecular weight is 277 g/mol. The van der Waals surface area contributed by atoms with E-state index in [0.717, 1.165) is 11.3 Å². The molecule has 0 saturated carbocycles. The van der Waals surface area contributed by atoms with E-state index in [2.05, 4.69) is 16.0 Å². The number of nitrogens with one attached hydrogen (secondary N) is 3. The molecule has 1 aromatic rings. The Morgan fingerprint density at radius 3 is 2.95 bits per heavy atom. The van der Waals surface area contributed by atoms with Crippen LogP contribution in [0.5, 0.6) is 5.75 Å². The molecule has 6 nitrogen and oxygen atoms in total. The Kier molecular flexibility index (Phi) is 4.57. The van der Waals surface area contributed by atoms with Crippen molar-refractivity contribution in [2.75, 3.05) is 20.2 Å². The van der Waals surface area contributed by atoms with E-state index in [4.69, 9.17) is 4.74 Å². The maximum absolute atomic E-state index is 12.1. The Morgan fingerprint density at radius 1 is 1.50 bits per heavy atom. The first kappa shape index (κ1) is 14.3. The lowest BCUT2D eigenvalue weighted by molar-refractivity contribution is -0.127. The fourth-order valence-corrected chi connectivity index (χ4v) is 2.06. The van der Waals surface area contributed by atoms with Crippen LogP contribution in [0.25, 0.3) is 0 Å². The Labute approximate surface area is 117 Å². The topological polar surface area (TPSA) is 79.5 Å². The summed E-state index contributed by atoms with van der Waals surface area (Å²) in [6.45, 7) is 2.40. The first-order valence-corrected chi connectivity index (χ1v) is 6.54. The van der Waals surface area contributed by atoms with Gasteiger partial charge in [-0.3, -0.25) is 14.9 Å². The molecule has 0 radical (unpaired) electrons. The van der Waals surface area contributed by atoms with Crippen LogP contribution >= 0.6 is 0 Å². The smallest absolute Gasteiger partial charge is 0.239 e. The number of hydrogen-bond acceptors (Lipinski definition) is 4. The van der Waals surface area contributed by atoms with Crippen molar-refractivity contribution in [3.8, 4) is 5.75 Å². The van der Waals surface area contributed by atoms with Crippen LogP contribution in [0.1, 0.15) is 18.5 Å². The summed E-state index contributed by atoms with van der Waals surface area (Å²) >= 11 is 0. The summed E-state index contributed by atoms with van der Waals surface area (Å²) in [5.74, 6) is 0.543. The molecule has 6 heteroatoms. The number of amides is 2. The van der Waals surface area contributed by atoms with E-state index in [9.17, 15) is 9.59 Å². The summed E-state index contributed by atoms with van der Waals surface area (Å²) in [5, 5.41) is 8.48. The number of carbonyl (C=O) groups excluding carboxylic acids is 2. The molecule has 1 aromatic carbocycles. The molecular weight excluding hydrogens is 258 g/mol. The molecule has 3 N–H and O–H groups in total. The highest BCUT2D eigenvalue weighted by atomic mass is 16.5. The molecule has 1 fully saturated rings. The molecule has 0 spiro atoms. The van der Waals surface area contributed by atoms with Crippen LogP contribution in [0.2, 0.25) is 0 Å². The van der Waals surface area contributed by atoms with Gasteiger partial charge in [-0.25, -0.2) is 0 Å². The zero-order valence-corrected chi connectivity index (χ0v) is 11.6. The minimum atomic E-state index is -0.388. The second-order valence-corrected chi connectivity index (χ2v) is 4.74. The van der Waals surface area contributed by atoms with Gasteiger partial charge >= 0.3 is 0 Å². The van der Waals surface area contributed by atoms with E-state index in [-0.39, 0.29) is 30.4 Å². The number of ether oxygens (including phenoxy) is 1. The highest BCUT2D eigenvalue weighted by Gasteiger charge is 2.24. The van der Waals surface area contributed by atoms with Crippen LogP contribution in [-0.2, 0) is 9.59 Å². The molecule has 1 aliphatic heterocycles. The van der Waals surface area contributed by atoms with Crippen molar-refractivity contribution >= 4 is 11.8 Å². The molecule has 1 aliphatic rings. The fourth-order valence-electron chi connectivity index (χ4n) is 2.06. The second-order valence-electron chi connectivity index (χ2n) is 4.74. The summed E-state index contributed by atoms with van der Waals surface area (Å²) in [4.78, 5) is 23.1. The van der Waals surface area contributed by atoms with Gasteiger partial charge in [-0.15, -0.1) is 0 Å². The summed E-state index contributed by atoms with van der Waals surface area (Å²) < 4.78 is 5.17. The Bertz CT molecular complexity index is 494. The van der Waals surface area contributed by atoms with Gasteiger partial charge in [-0.2, -0.15) is 0 Å². The third-order valence-corrected chi connectivity index (χ3v) is 3.28. The zero-order chi connectivity index (χ0) is 14.5. The molecular formula is C14H19N3O3. The monoisotopic (exact) mass is 277 g/mol. The Balaban J connectivity index is 1.94. The number of hydrogen-bond donors (Lipinski definition) is 3. The third kappa shape index (κ3) is 3.48. The molecule has 1 saturated heterocycles. The minimum Gasteiger partial charge on any atom is -0.497 e. The van der Waals surface area contributed by atoms with Crippen LogP contribution in [-0.4, -0.2) is 38.1 Å². The van der Waals surface area contributed by atoms with Crippen molar-refractivity contribution in [1.82, 2.24) is 16.0 Å². The van der Waals surface area contributed by atoms with Crippen molar-refractivity contribution in [2.24, 2.45) is 0 Å². The van der Waals surface area contributed by atoms with Gasteiger partial charge in [0.2, 0.25) is 11.8 Å². The summed E-state index contributed by atoms with van der Waals surface area (Å²) in [6.07, 6.45) is 0. The van der Waals surface area contributed by atoms with Crippen LogP contribution in [0.15, 0.2) is 24.3 Å². The maximum Gasteiger partial charge on any atom is 0.239 e. The highest BCUT2D eigenvalue weighted by molar-refractivity contribution is 5.86. The number of benzene rings is 1. The molecule has 2 atom stereocenters. The maximum atomic E-state index is 12.1. The standard InChI is InChI=1S/C14H19N3O3/c1-9(10-4-3-5-11(6-10)20-2)17-14(19)12-7-16-13(18)8-15-12/h3-6,9,12,15H,7-8H2,1-2H3,(H,16,18)(H,17,19). The van der Waals surface area contributed by atoms with Crippen molar-refractivity contribution in [2.45, 2.75) is 19.0 Å². The molecule has 20 heavy (non-hydrogen) atoms. The Morgan fingerprint density at radius 2 is 2.30 bits per heavy atom. The molecule has 2 rings (SSSR count). The number of carbonyl (C=O) groups is 2. The largest absolute Gasteiger partial charge is 0.497 e. The van der Waals surface area contributed by atoms with Gasteiger partial charge in [-0.1, -0.05) is 12.1 Å². The Hall–Kier alpha value is -2.08. The molecule has 2 unspecified atom stereocenters. The third-order valence-electron chi connectivity index (χ3n) is 3.28. The second kappa shape index (κ2) is 6.38. The fraction of sp³-hybridized carbons (Fsp3) is 0.429. The van der Waals surface area contributed by atoms with Crippen LogP contribution in [0.4, 0.5) is 0 Å². The van der Waals surface area contributed by atoms with Gasteiger partial charge in [-0.05, 0) is 24.6 Å². The highest BCUT2D eigenvalue weighted by Crippen LogP contribution is 2.18.